The quantitative estimate of drug-likeness (QED) is 0.812. The highest BCUT2D eigenvalue weighted by atomic mass is 32.2. The van der Waals surface area contributed by atoms with Crippen LogP contribution >= 0.6 is 11.3 Å². The van der Waals surface area contributed by atoms with Gasteiger partial charge in [-0.05, 0) is 56.3 Å². The molecule has 3 heterocycles. The monoisotopic (exact) mass is 370 g/mol. The van der Waals surface area contributed by atoms with Gasteiger partial charge in [-0.25, -0.2) is 8.42 Å². The molecule has 1 atom stereocenters. The Labute approximate surface area is 148 Å². The Balaban J connectivity index is 1.51. The lowest BCUT2D eigenvalue weighted by Gasteiger charge is -2.36. The van der Waals surface area contributed by atoms with E-state index in [1.807, 2.05) is 11.9 Å². The highest BCUT2D eigenvalue weighted by Gasteiger charge is 2.35. The van der Waals surface area contributed by atoms with Crippen LogP contribution in [0.1, 0.15) is 29.7 Å². The molecule has 134 valence electrons. The zero-order valence-corrected chi connectivity index (χ0v) is 16.0. The molecule has 24 heavy (non-hydrogen) atoms. The number of piperidine rings is 1. The number of rotatable bonds is 4. The van der Waals surface area contributed by atoms with Gasteiger partial charge in [0.15, 0.2) is 9.84 Å². The van der Waals surface area contributed by atoms with Gasteiger partial charge in [0, 0.05) is 23.9 Å². The van der Waals surface area contributed by atoms with Crippen LogP contribution in [0.15, 0.2) is 11.4 Å². The molecule has 2 aliphatic rings. The lowest BCUT2D eigenvalue weighted by atomic mass is 9.94. The molecular formula is C17H26N2O3S2. The van der Waals surface area contributed by atoms with Crippen molar-refractivity contribution in [3.63, 3.8) is 0 Å². The van der Waals surface area contributed by atoms with Crippen molar-refractivity contribution in [2.75, 3.05) is 31.6 Å². The van der Waals surface area contributed by atoms with Crippen LogP contribution in [-0.2, 0) is 21.2 Å². The predicted molar refractivity (Wildman–Crippen MR) is 96.9 cm³/mol. The van der Waals surface area contributed by atoms with E-state index in [4.69, 9.17) is 0 Å². The van der Waals surface area contributed by atoms with Crippen molar-refractivity contribution >= 4 is 27.1 Å². The zero-order valence-electron chi connectivity index (χ0n) is 14.4. The Morgan fingerprint density at radius 3 is 2.58 bits per heavy atom. The summed E-state index contributed by atoms with van der Waals surface area (Å²) in [5.74, 6) is 0.911. The van der Waals surface area contributed by atoms with Gasteiger partial charge in [-0.15, -0.1) is 11.3 Å². The second-order valence-electron chi connectivity index (χ2n) is 7.09. The summed E-state index contributed by atoms with van der Waals surface area (Å²) in [6.07, 6.45) is 2.42. The van der Waals surface area contributed by atoms with E-state index in [0.717, 1.165) is 32.4 Å². The fourth-order valence-electron chi connectivity index (χ4n) is 3.75. The maximum absolute atomic E-state index is 12.7. The van der Waals surface area contributed by atoms with Gasteiger partial charge in [0.2, 0.25) is 5.91 Å². The summed E-state index contributed by atoms with van der Waals surface area (Å²) in [7, 11) is -0.951. The third-order valence-corrected chi connectivity index (χ3v) is 8.09. The normalized spacial score (nSPS) is 25.0. The molecule has 0 N–H and O–H groups in total. The van der Waals surface area contributed by atoms with Crippen LogP contribution in [0, 0.1) is 12.8 Å². The van der Waals surface area contributed by atoms with E-state index in [2.05, 4.69) is 23.3 Å². The first kappa shape index (κ1) is 17.9. The molecule has 2 fully saturated rings. The van der Waals surface area contributed by atoms with E-state index in [1.54, 1.807) is 11.3 Å². The molecule has 2 saturated heterocycles. The average Bonchev–Trinajstić information content (AvgIpc) is 3.12. The first-order chi connectivity index (χ1) is 11.4. The lowest BCUT2D eigenvalue weighted by molar-refractivity contribution is -0.136. The van der Waals surface area contributed by atoms with E-state index in [-0.39, 0.29) is 17.9 Å². The second-order valence-corrected chi connectivity index (χ2v) is 10.3. The number of likely N-dealkylation sites (tertiary alicyclic amines) is 1. The summed E-state index contributed by atoms with van der Waals surface area (Å²) in [5, 5.41) is 2.07. The molecule has 0 spiro atoms. The Hall–Kier alpha value is -0.920. The van der Waals surface area contributed by atoms with E-state index in [9.17, 15) is 13.2 Å². The van der Waals surface area contributed by atoms with Crippen LogP contribution in [0.3, 0.4) is 0 Å². The molecule has 2 aliphatic heterocycles. The van der Waals surface area contributed by atoms with Crippen LogP contribution in [0.5, 0.6) is 0 Å². The number of aryl methyl sites for hydroxylation is 1. The molecule has 0 bridgehead atoms. The maximum Gasteiger partial charge on any atom is 0.225 e. The summed E-state index contributed by atoms with van der Waals surface area (Å²) in [5.41, 5.74) is 1.25. The van der Waals surface area contributed by atoms with Crippen molar-refractivity contribution < 1.29 is 13.2 Å². The minimum Gasteiger partial charge on any atom is -0.340 e. The van der Waals surface area contributed by atoms with Gasteiger partial charge in [0.25, 0.3) is 0 Å². The summed E-state index contributed by atoms with van der Waals surface area (Å²) in [4.78, 5) is 18.1. The van der Waals surface area contributed by atoms with Crippen molar-refractivity contribution in [3.8, 4) is 0 Å². The number of hydrogen-bond donors (Lipinski definition) is 0. The molecule has 5 nitrogen and oxygen atoms in total. The molecular weight excluding hydrogens is 344 g/mol. The first-order valence-corrected chi connectivity index (χ1v) is 11.3. The van der Waals surface area contributed by atoms with E-state index in [0.29, 0.717) is 18.1 Å². The number of thiophene rings is 1. The van der Waals surface area contributed by atoms with Crippen molar-refractivity contribution in [3.05, 3.63) is 21.9 Å². The standard InChI is InChI=1S/C17H26N2O3S2/c1-13-5-9-23-16(13)11-18(2)17(20)14-3-7-19(8-4-14)15-6-10-24(21,22)12-15/h5,9,14-15H,3-4,6-8,10-12H2,1-2H3/t15-/m0/s1. The fraction of sp³-hybridized carbons (Fsp3) is 0.706. The SMILES string of the molecule is Cc1ccsc1CN(C)C(=O)C1CCN([C@H]2CCS(=O)(=O)C2)CC1. The van der Waals surface area contributed by atoms with Crippen molar-refractivity contribution in [2.24, 2.45) is 5.92 Å². The van der Waals surface area contributed by atoms with Crippen LogP contribution in [-0.4, -0.2) is 61.8 Å². The fourth-order valence-corrected chi connectivity index (χ4v) is 6.47. The molecule has 1 aromatic rings. The molecule has 0 aromatic carbocycles. The molecule has 0 saturated carbocycles. The van der Waals surface area contributed by atoms with Gasteiger partial charge in [0.05, 0.1) is 18.1 Å². The molecule has 0 aliphatic carbocycles. The van der Waals surface area contributed by atoms with Gasteiger partial charge in [-0.2, -0.15) is 0 Å². The molecule has 1 amide bonds. The summed E-state index contributed by atoms with van der Waals surface area (Å²) in [6, 6.07) is 2.25. The lowest BCUT2D eigenvalue weighted by Crippen LogP contribution is -2.45. The Morgan fingerprint density at radius 2 is 2.04 bits per heavy atom. The van der Waals surface area contributed by atoms with Gasteiger partial charge >= 0.3 is 0 Å². The number of nitrogens with zero attached hydrogens (tertiary/aromatic N) is 2. The molecule has 7 heteroatoms. The van der Waals surface area contributed by atoms with Gasteiger partial charge in [0.1, 0.15) is 0 Å². The van der Waals surface area contributed by atoms with Gasteiger partial charge < -0.3 is 4.90 Å². The number of carbonyl (C=O) groups excluding carboxylic acids is 1. The van der Waals surface area contributed by atoms with E-state index >= 15 is 0 Å². The van der Waals surface area contributed by atoms with Gasteiger partial charge in [-0.1, -0.05) is 0 Å². The maximum atomic E-state index is 12.7. The Morgan fingerprint density at radius 1 is 1.33 bits per heavy atom. The Bertz CT molecular complexity index is 690. The van der Waals surface area contributed by atoms with Crippen LogP contribution in [0.2, 0.25) is 0 Å². The van der Waals surface area contributed by atoms with Gasteiger partial charge in [-0.3, -0.25) is 9.69 Å². The third kappa shape index (κ3) is 4.00. The summed E-state index contributed by atoms with van der Waals surface area (Å²) in [6.45, 7) is 4.44. The van der Waals surface area contributed by atoms with E-state index < -0.39 is 9.84 Å². The predicted octanol–water partition coefficient (Wildman–Crippen LogP) is 1.91. The largest absolute Gasteiger partial charge is 0.340 e. The van der Waals surface area contributed by atoms with E-state index in [1.165, 1.54) is 10.4 Å². The van der Waals surface area contributed by atoms with Crippen LogP contribution in [0.4, 0.5) is 0 Å². The number of carbonyl (C=O) groups is 1. The highest BCUT2D eigenvalue weighted by molar-refractivity contribution is 7.91. The molecule has 0 radical (unpaired) electrons. The van der Waals surface area contributed by atoms with Crippen molar-refractivity contribution in [1.29, 1.82) is 0 Å². The molecule has 1 aromatic heterocycles. The van der Waals surface area contributed by atoms with Crippen molar-refractivity contribution in [2.45, 2.75) is 38.8 Å². The van der Waals surface area contributed by atoms with Crippen LogP contribution < -0.4 is 0 Å². The minimum absolute atomic E-state index is 0.0736. The summed E-state index contributed by atoms with van der Waals surface area (Å²) >= 11 is 1.70. The molecule has 0 unspecified atom stereocenters. The number of amides is 1. The highest BCUT2D eigenvalue weighted by Crippen LogP contribution is 2.26. The summed E-state index contributed by atoms with van der Waals surface area (Å²) < 4.78 is 23.3. The first-order valence-electron chi connectivity index (χ1n) is 8.58. The molecule has 3 rings (SSSR count). The smallest absolute Gasteiger partial charge is 0.225 e. The third-order valence-electron chi connectivity index (χ3n) is 5.33. The second kappa shape index (κ2) is 7.14. The zero-order chi connectivity index (χ0) is 17.3. The topological polar surface area (TPSA) is 57.7 Å². The number of sulfone groups is 1. The minimum atomic E-state index is -2.84. The van der Waals surface area contributed by atoms with Crippen molar-refractivity contribution in [1.82, 2.24) is 9.80 Å². The van der Waals surface area contributed by atoms with Crippen LogP contribution in [0.25, 0.3) is 0 Å². The number of hydrogen-bond acceptors (Lipinski definition) is 5. The Kier molecular flexibility index (Phi) is 5.32. The average molecular weight is 371 g/mol.